The van der Waals surface area contributed by atoms with Crippen LogP contribution in [0.2, 0.25) is 0 Å². The van der Waals surface area contributed by atoms with Crippen molar-refractivity contribution in [3.8, 4) is 0 Å². The first-order valence-electron chi connectivity index (χ1n) is 11.6. The molecule has 10 heteroatoms. The molecule has 0 bridgehead atoms. The van der Waals surface area contributed by atoms with E-state index < -0.39 is 54.1 Å². The average molecular weight is 514 g/mol. The van der Waals surface area contributed by atoms with Crippen LogP contribution in [0, 0.1) is 5.41 Å². The number of ether oxygens (including phenoxy) is 4. The summed E-state index contributed by atoms with van der Waals surface area (Å²) in [6.07, 6.45) is -2.38. The number of amides is 1. The molecule has 0 fully saturated rings. The molecule has 37 heavy (non-hydrogen) atoms. The Balaban J connectivity index is 2.32. The van der Waals surface area contributed by atoms with E-state index in [1.54, 1.807) is 61.5 Å². The first kappa shape index (κ1) is 29.0. The largest absolute Gasteiger partial charge is 0.468 e. The minimum absolute atomic E-state index is 0.00333. The van der Waals surface area contributed by atoms with Gasteiger partial charge >= 0.3 is 24.0 Å². The number of rotatable bonds is 13. The molecule has 0 aliphatic rings. The lowest BCUT2D eigenvalue weighted by molar-refractivity contribution is -0.176. The number of benzene rings is 2. The van der Waals surface area contributed by atoms with Crippen LogP contribution in [0.15, 0.2) is 60.7 Å². The minimum Gasteiger partial charge on any atom is -0.468 e. The van der Waals surface area contributed by atoms with Gasteiger partial charge in [0.15, 0.2) is 11.2 Å². The molecule has 0 aromatic heterocycles. The second-order valence-electron chi connectivity index (χ2n) is 8.14. The van der Waals surface area contributed by atoms with E-state index in [4.69, 9.17) is 18.9 Å². The zero-order chi connectivity index (χ0) is 27.3. The Labute approximate surface area is 215 Å². The Kier molecular flexibility index (Phi) is 11.3. The molecule has 2 aromatic rings. The lowest BCUT2D eigenvalue weighted by Crippen LogP contribution is -2.50. The third-order valence-electron chi connectivity index (χ3n) is 5.56. The van der Waals surface area contributed by atoms with Gasteiger partial charge in [0.1, 0.15) is 6.61 Å². The molecule has 0 saturated carbocycles. The van der Waals surface area contributed by atoms with Crippen LogP contribution in [0.25, 0.3) is 0 Å². The summed E-state index contributed by atoms with van der Waals surface area (Å²) in [6, 6.07) is 16.6. The number of Topliss-reactive ketones (excluding diaryl/α,β-unsaturated/α-hetero) is 1. The number of carbonyl (C=O) groups excluding carboxylic acids is 5. The second-order valence-corrected chi connectivity index (χ2v) is 8.14. The molecule has 10 nitrogen and oxygen atoms in total. The van der Waals surface area contributed by atoms with Gasteiger partial charge < -0.3 is 24.3 Å². The van der Waals surface area contributed by atoms with Crippen LogP contribution in [0.5, 0.6) is 0 Å². The van der Waals surface area contributed by atoms with Gasteiger partial charge in [-0.25, -0.2) is 4.79 Å². The number of esters is 3. The van der Waals surface area contributed by atoms with Gasteiger partial charge in [-0.3, -0.25) is 19.2 Å². The lowest BCUT2D eigenvalue weighted by atomic mass is 9.77. The van der Waals surface area contributed by atoms with Crippen molar-refractivity contribution in [3.63, 3.8) is 0 Å². The predicted octanol–water partition coefficient (Wildman–Crippen LogP) is 2.77. The van der Waals surface area contributed by atoms with Gasteiger partial charge in [-0.1, -0.05) is 60.7 Å². The Morgan fingerprint density at radius 3 is 1.84 bits per heavy atom. The summed E-state index contributed by atoms with van der Waals surface area (Å²) in [6.45, 7) is 1.52. The summed E-state index contributed by atoms with van der Waals surface area (Å²) in [4.78, 5) is 64.0. The van der Waals surface area contributed by atoms with Gasteiger partial charge in [-0.2, -0.15) is 0 Å². The fraction of sp³-hybridized carbons (Fsp3) is 0.370. The Morgan fingerprint density at radius 2 is 1.32 bits per heavy atom. The minimum atomic E-state index is -2.29. The fourth-order valence-corrected chi connectivity index (χ4v) is 3.71. The molecule has 0 spiro atoms. The van der Waals surface area contributed by atoms with E-state index in [1.807, 2.05) is 6.07 Å². The summed E-state index contributed by atoms with van der Waals surface area (Å²) < 4.78 is 19.7. The number of carbonyl (C=O) groups is 5. The maximum Gasteiger partial charge on any atom is 0.408 e. The van der Waals surface area contributed by atoms with E-state index in [-0.39, 0.29) is 19.6 Å². The van der Waals surface area contributed by atoms with Crippen LogP contribution >= 0.6 is 0 Å². The summed E-state index contributed by atoms with van der Waals surface area (Å²) in [7, 11) is 2.05. The molecule has 0 saturated heterocycles. The fourth-order valence-electron chi connectivity index (χ4n) is 3.71. The van der Waals surface area contributed by atoms with Gasteiger partial charge in [-0.05, 0) is 24.5 Å². The number of alkyl carbamates (subject to hydrolysis) is 1. The summed E-state index contributed by atoms with van der Waals surface area (Å²) >= 11 is 0. The average Bonchev–Trinajstić information content (AvgIpc) is 2.91. The van der Waals surface area contributed by atoms with E-state index in [2.05, 4.69) is 5.32 Å². The maximum atomic E-state index is 13.5. The van der Waals surface area contributed by atoms with E-state index in [9.17, 15) is 24.0 Å². The van der Waals surface area contributed by atoms with Crippen LogP contribution in [-0.4, -0.2) is 56.7 Å². The molecule has 0 radical (unpaired) electrons. The van der Waals surface area contributed by atoms with Crippen molar-refractivity contribution in [2.24, 2.45) is 5.41 Å². The van der Waals surface area contributed by atoms with Gasteiger partial charge in [-0.15, -0.1) is 0 Å². The standard InChI is InChI=1S/C27H31NO9/c1-4-36-23(30)17-27(24(31)34-2,25(32)35-3)16-22(29)21(15-19-11-7-5-8-12-19)28-26(33)37-18-20-13-9-6-10-14-20/h5-14,21H,4,15-18H2,1-3H3,(H,28,33). The molecule has 1 amide bonds. The summed E-state index contributed by atoms with van der Waals surface area (Å²) in [5, 5.41) is 2.52. The molecular formula is C27H31NO9. The number of methoxy groups -OCH3 is 2. The van der Waals surface area contributed by atoms with Crippen molar-refractivity contribution < 1.29 is 42.9 Å². The van der Waals surface area contributed by atoms with Crippen LogP contribution < -0.4 is 5.32 Å². The first-order valence-corrected chi connectivity index (χ1v) is 11.6. The number of ketones is 1. The normalized spacial score (nSPS) is 11.5. The highest BCUT2D eigenvalue weighted by molar-refractivity contribution is 6.07. The van der Waals surface area contributed by atoms with Crippen molar-refractivity contribution in [2.75, 3.05) is 20.8 Å². The van der Waals surface area contributed by atoms with Crippen LogP contribution in [0.4, 0.5) is 4.79 Å². The molecule has 1 atom stereocenters. The maximum absolute atomic E-state index is 13.5. The van der Waals surface area contributed by atoms with Crippen LogP contribution in [0.1, 0.15) is 30.9 Å². The zero-order valence-corrected chi connectivity index (χ0v) is 21.1. The zero-order valence-electron chi connectivity index (χ0n) is 21.1. The van der Waals surface area contributed by atoms with Gasteiger partial charge in [0.05, 0.1) is 33.3 Å². The quantitative estimate of drug-likeness (QED) is 0.244. The van der Waals surface area contributed by atoms with Gasteiger partial charge in [0.2, 0.25) is 0 Å². The van der Waals surface area contributed by atoms with Crippen molar-refractivity contribution in [1.29, 1.82) is 0 Å². The highest BCUT2D eigenvalue weighted by Crippen LogP contribution is 2.32. The van der Waals surface area contributed by atoms with Crippen molar-refractivity contribution in [2.45, 2.75) is 38.8 Å². The van der Waals surface area contributed by atoms with E-state index in [1.165, 1.54) is 0 Å². The topological polar surface area (TPSA) is 134 Å². The van der Waals surface area contributed by atoms with E-state index >= 15 is 0 Å². The van der Waals surface area contributed by atoms with Crippen LogP contribution in [-0.2, 0) is 51.2 Å². The highest BCUT2D eigenvalue weighted by Gasteiger charge is 2.53. The molecular weight excluding hydrogens is 482 g/mol. The van der Waals surface area contributed by atoms with Crippen molar-refractivity contribution in [1.82, 2.24) is 5.32 Å². The Hall–Kier alpha value is -4.21. The Morgan fingerprint density at radius 1 is 0.784 bits per heavy atom. The molecule has 1 N–H and O–H groups in total. The Bertz CT molecular complexity index is 1050. The third-order valence-corrected chi connectivity index (χ3v) is 5.56. The molecule has 2 rings (SSSR count). The molecule has 198 valence electrons. The van der Waals surface area contributed by atoms with E-state index in [0.717, 1.165) is 19.8 Å². The van der Waals surface area contributed by atoms with Crippen molar-refractivity contribution in [3.05, 3.63) is 71.8 Å². The third kappa shape index (κ3) is 8.45. The number of hydrogen-bond donors (Lipinski definition) is 1. The monoisotopic (exact) mass is 513 g/mol. The molecule has 1 unspecified atom stereocenters. The second kappa shape index (κ2) is 14.4. The molecule has 0 aliphatic heterocycles. The summed E-state index contributed by atoms with van der Waals surface area (Å²) in [5.74, 6) is -3.86. The molecule has 0 heterocycles. The van der Waals surface area contributed by atoms with E-state index in [0.29, 0.717) is 5.56 Å². The highest BCUT2D eigenvalue weighted by atomic mass is 16.6. The smallest absolute Gasteiger partial charge is 0.408 e. The first-order chi connectivity index (χ1) is 17.7. The molecule has 0 aliphatic carbocycles. The number of hydrogen-bond acceptors (Lipinski definition) is 9. The van der Waals surface area contributed by atoms with Gasteiger partial charge in [0.25, 0.3) is 0 Å². The summed E-state index contributed by atoms with van der Waals surface area (Å²) in [5.41, 5.74) is -0.845. The molecule has 2 aromatic carbocycles. The van der Waals surface area contributed by atoms with Crippen molar-refractivity contribution >= 4 is 29.8 Å². The predicted molar refractivity (Wildman–Crippen MR) is 131 cm³/mol. The number of nitrogens with one attached hydrogen (secondary N) is 1. The van der Waals surface area contributed by atoms with Gasteiger partial charge in [0, 0.05) is 6.42 Å². The SMILES string of the molecule is CCOC(=O)CC(CC(=O)C(Cc1ccccc1)NC(=O)OCc1ccccc1)(C(=O)OC)C(=O)OC. The van der Waals surface area contributed by atoms with Crippen LogP contribution in [0.3, 0.4) is 0 Å². The lowest BCUT2D eigenvalue weighted by Gasteiger charge is -2.28.